The number of hydrogen-bond donors (Lipinski definition) is 0. The summed E-state index contributed by atoms with van der Waals surface area (Å²) in [6.45, 7) is 4.97. The van der Waals surface area contributed by atoms with E-state index in [2.05, 4.69) is 9.78 Å². The molecule has 1 amide bonds. The quantitative estimate of drug-likeness (QED) is 0.794. The number of aryl methyl sites for hydroxylation is 1. The van der Waals surface area contributed by atoms with Gasteiger partial charge in [-0.25, -0.2) is 0 Å². The van der Waals surface area contributed by atoms with Crippen molar-refractivity contribution in [2.45, 2.75) is 39.3 Å². The Labute approximate surface area is 107 Å². The van der Waals surface area contributed by atoms with Crippen molar-refractivity contribution in [3.05, 3.63) is 17.0 Å². The maximum atomic E-state index is 12.0. The zero-order chi connectivity index (χ0) is 12.5. The van der Waals surface area contributed by atoms with Crippen LogP contribution in [0.15, 0.2) is 0 Å². The minimum absolute atomic E-state index is 0.0936. The zero-order valence-electron chi connectivity index (χ0n) is 10.8. The number of rotatable bonds is 3. The molecule has 0 atom stereocenters. The Hall–Kier alpha value is -1.36. The molecule has 0 aromatic carbocycles. The summed E-state index contributed by atoms with van der Waals surface area (Å²) in [6, 6.07) is 0. The minimum atomic E-state index is 0.0936. The molecule has 2 heterocycles. The standard InChI is InChI=1S/C13H19N3O2/c1-2-18-9-13(17)15-6-7-16-12(8-15)10-4-3-5-11(10)14-16/h2-9H2,1H3. The fourth-order valence-electron chi connectivity index (χ4n) is 2.84. The van der Waals surface area contributed by atoms with E-state index >= 15 is 0 Å². The highest BCUT2D eigenvalue weighted by molar-refractivity contribution is 5.77. The van der Waals surface area contributed by atoms with E-state index in [1.807, 2.05) is 11.8 Å². The van der Waals surface area contributed by atoms with Gasteiger partial charge in [0.2, 0.25) is 5.91 Å². The molecule has 3 rings (SSSR count). The van der Waals surface area contributed by atoms with Gasteiger partial charge in [-0.05, 0) is 31.7 Å². The third kappa shape index (κ3) is 1.92. The molecule has 0 unspecified atom stereocenters. The van der Waals surface area contributed by atoms with Gasteiger partial charge in [0.05, 0.1) is 24.5 Å². The molecule has 2 aliphatic rings. The average molecular weight is 249 g/mol. The Bertz CT molecular complexity index is 467. The van der Waals surface area contributed by atoms with Crippen molar-refractivity contribution in [1.82, 2.24) is 14.7 Å². The first-order chi connectivity index (χ1) is 8.79. The summed E-state index contributed by atoms with van der Waals surface area (Å²) in [7, 11) is 0. The van der Waals surface area contributed by atoms with Gasteiger partial charge in [0.1, 0.15) is 6.61 Å². The van der Waals surface area contributed by atoms with E-state index in [4.69, 9.17) is 4.74 Å². The molecule has 1 aliphatic heterocycles. The maximum Gasteiger partial charge on any atom is 0.248 e. The van der Waals surface area contributed by atoms with E-state index in [0.717, 1.165) is 25.9 Å². The first kappa shape index (κ1) is 11.7. The van der Waals surface area contributed by atoms with Crippen LogP contribution in [0.4, 0.5) is 0 Å². The monoisotopic (exact) mass is 249 g/mol. The van der Waals surface area contributed by atoms with E-state index < -0.39 is 0 Å². The Balaban J connectivity index is 1.74. The highest BCUT2D eigenvalue weighted by Gasteiger charge is 2.28. The van der Waals surface area contributed by atoms with Crippen LogP contribution in [0.5, 0.6) is 0 Å². The molecule has 0 radical (unpaired) electrons. The van der Waals surface area contributed by atoms with Crippen molar-refractivity contribution in [2.24, 2.45) is 0 Å². The second kappa shape index (κ2) is 4.72. The molecule has 1 aliphatic carbocycles. The highest BCUT2D eigenvalue weighted by Crippen LogP contribution is 2.27. The van der Waals surface area contributed by atoms with Crippen molar-refractivity contribution < 1.29 is 9.53 Å². The van der Waals surface area contributed by atoms with E-state index in [1.165, 1.54) is 23.4 Å². The van der Waals surface area contributed by atoms with E-state index in [9.17, 15) is 4.79 Å². The van der Waals surface area contributed by atoms with Gasteiger partial charge in [0.25, 0.3) is 0 Å². The van der Waals surface area contributed by atoms with Gasteiger partial charge in [0.15, 0.2) is 0 Å². The molecule has 5 nitrogen and oxygen atoms in total. The zero-order valence-corrected chi connectivity index (χ0v) is 10.8. The third-order valence-corrected chi connectivity index (χ3v) is 3.79. The number of aromatic nitrogens is 2. The lowest BCUT2D eigenvalue weighted by molar-refractivity contribution is -0.137. The van der Waals surface area contributed by atoms with E-state index in [0.29, 0.717) is 13.2 Å². The summed E-state index contributed by atoms with van der Waals surface area (Å²) in [5.74, 6) is 0.0936. The number of ether oxygens (including phenoxy) is 1. The number of hydrogen-bond acceptors (Lipinski definition) is 3. The van der Waals surface area contributed by atoms with Gasteiger partial charge >= 0.3 is 0 Å². The maximum absolute atomic E-state index is 12.0. The lowest BCUT2D eigenvalue weighted by atomic mass is 10.1. The lowest BCUT2D eigenvalue weighted by Crippen LogP contribution is -2.40. The van der Waals surface area contributed by atoms with Gasteiger partial charge in [-0.15, -0.1) is 0 Å². The second-order valence-corrected chi connectivity index (χ2v) is 4.90. The fourth-order valence-corrected chi connectivity index (χ4v) is 2.84. The summed E-state index contributed by atoms with van der Waals surface area (Å²) >= 11 is 0. The molecule has 5 heteroatoms. The van der Waals surface area contributed by atoms with Crippen molar-refractivity contribution in [2.75, 3.05) is 19.8 Å². The van der Waals surface area contributed by atoms with Gasteiger partial charge < -0.3 is 9.64 Å². The predicted octanol–water partition coefficient (Wildman–Crippen LogP) is 0.750. The first-order valence-corrected chi connectivity index (χ1v) is 6.72. The molecule has 0 spiro atoms. The van der Waals surface area contributed by atoms with Crippen LogP contribution >= 0.6 is 0 Å². The van der Waals surface area contributed by atoms with Gasteiger partial charge in [-0.2, -0.15) is 5.10 Å². The van der Waals surface area contributed by atoms with Crippen molar-refractivity contribution in [3.8, 4) is 0 Å². The number of amides is 1. The summed E-state index contributed by atoms with van der Waals surface area (Å²) in [4.78, 5) is 13.9. The fraction of sp³-hybridized carbons (Fsp3) is 0.692. The first-order valence-electron chi connectivity index (χ1n) is 6.72. The minimum Gasteiger partial charge on any atom is -0.372 e. The molecule has 98 valence electrons. The topological polar surface area (TPSA) is 47.4 Å². The Kier molecular flexibility index (Phi) is 3.07. The Morgan fingerprint density at radius 3 is 3.11 bits per heavy atom. The smallest absolute Gasteiger partial charge is 0.248 e. The summed E-state index contributed by atoms with van der Waals surface area (Å²) < 4.78 is 7.29. The van der Waals surface area contributed by atoms with Gasteiger partial charge in [-0.3, -0.25) is 9.48 Å². The van der Waals surface area contributed by atoms with Crippen LogP contribution < -0.4 is 0 Å². The molecule has 0 bridgehead atoms. The van der Waals surface area contributed by atoms with Crippen LogP contribution in [-0.2, 0) is 35.5 Å². The molecule has 0 fully saturated rings. The summed E-state index contributed by atoms with van der Waals surface area (Å²) in [5.41, 5.74) is 3.90. The summed E-state index contributed by atoms with van der Waals surface area (Å²) in [5, 5.41) is 4.63. The van der Waals surface area contributed by atoms with Crippen LogP contribution in [0, 0.1) is 0 Å². The molecule has 1 aromatic heterocycles. The second-order valence-electron chi connectivity index (χ2n) is 4.90. The Morgan fingerprint density at radius 2 is 2.28 bits per heavy atom. The van der Waals surface area contributed by atoms with Gasteiger partial charge in [0, 0.05) is 13.2 Å². The van der Waals surface area contributed by atoms with Crippen LogP contribution in [-0.4, -0.2) is 40.3 Å². The molecule has 0 N–H and O–H groups in total. The number of fused-ring (bicyclic) bond motifs is 3. The average Bonchev–Trinajstić information content (AvgIpc) is 2.95. The van der Waals surface area contributed by atoms with Crippen molar-refractivity contribution in [3.63, 3.8) is 0 Å². The molecule has 1 aromatic rings. The van der Waals surface area contributed by atoms with Crippen LogP contribution in [0.25, 0.3) is 0 Å². The lowest BCUT2D eigenvalue weighted by Gasteiger charge is -2.28. The molecule has 18 heavy (non-hydrogen) atoms. The summed E-state index contributed by atoms with van der Waals surface area (Å²) in [6.07, 6.45) is 3.43. The molecular weight excluding hydrogens is 230 g/mol. The molecule has 0 saturated heterocycles. The number of carbonyl (C=O) groups excluding carboxylic acids is 1. The number of nitrogens with zero attached hydrogens (tertiary/aromatic N) is 3. The molecular formula is C13H19N3O2. The van der Waals surface area contributed by atoms with E-state index in [-0.39, 0.29) is 12.5 Å². The highest BCUT2D eigenvalue weighted by atomic mass is 16.5. The van der Waals surface area contributed by atoms with E-state index in [1.54, 1.807) is 0 Å². The van der Waals surface area contributed by atoms with Crippen LogP contribution in [0.3, 0.4) is 0 Å². The van der Waals surface area contributed by atoms with Crippen LogP contribution in [0.1, 0.15) is 30.3 Å². The van der Waals surface area contributed by atoms with Crippen molar-refractivity contribution >= 4 is 5.91 Å². The SMILES string of the molecule is CCOCC(=O)N1CCn2nc3c(c2C1)CCC3. The normalized spacial score (nSPS) is 17.7. The largest absolute Gasteiger partial charge is 0.372 e. The third-order valence-electron chi connectivity index (χ3n) is 3.79. The van der Waals surface area contributed by atoms with Crippen LogP contribution in [0.2, 0.25) is 0 Å². The predicted molar refractivity (Wildman–Crippen MR) is 66.2 cm³/mol. The van der Waals surface area contributed by atoms with Crippen molar-refractivity contribution in [1.29, 1.82) is 0 Å². The Morgan fingerprint density at radius 1 is 1.39 bits per heavy atom. The molecule has 0 saturated carbocycles. The van der Waals surface area contributed by atoms with Gasteiger partial charge in [-0.1, -0.05) is 0 Å². The number of carbonyl (C=O) groups is 1.